The summed E-state index contributed by atoms with van der Waals surface area (Å²) in [6, 6.07) is 9.45. The lowest BCUT2D eigenvalue weighted by atomic mass is 10.3. The first-order valence-corrected chi connectivity index (χ1v) is 6.27. The largest absolute Gasteiger partial charge is 0.478 e. The predicted octanol–water partition coefficient (Wildman–Crippen LogP) is 0.730. The molecule has 1 aromatic rings. The number of carbonyl (C=O) groups excluding carboxylic acids is 1. The molecule has 0 aliphatic carbocycles. The molecule has 0 aliphatic rings. The van der Waals surface area contributed by atoms with Crippen molar-refractivity contribution in [3.8, 4) is 0 Å². The highest BCUT2D eigenvalue weighted by molar-refractivity contribution is 7.80. The van der Waals surface area contributed by atoms with Gasteiger partial charge in [-0.25, -0.2) is 4.79 Å². The van der Waals surface area contributed by atoms with Crippen LogP contribution in [-0.2, 0) is 9.59 Å². The minimum atomic E-state index is -1.16. The van der Waals surface area contributed by atoms with E-state index in [0.29, 0.717) is 18.2 Å². The summed E-state index contributed by atoms with van der Waals surface area (Å²) in [7, 11) is 0. The molecule has 20 heavy (non-hydrogen) atoms. The third-order valence-corrected chi connectivity index (χ3v) is 2.37. The first-order valence-electron chi connectivity index (χ1n) is 5.86. The van der Waals surface area contributed by atoms with E-state index in [1.807, 2.05) is 30.3 Å². The third-order valence-electron chi connectivity index (χ3n) is 2.12. The van der Waals surface area contributed by atoms with Crippen molar-refractivity contribution in [2.24, 2.45) is 0 Å². The van der Waals surface area contributed by atoms with Crippen LogP contribution in [0.5, 0.6) is 0 Å². The van der Waals surface area contributed by atoms with Gasteiger partial charge in [0.2, 0.25) is 5.91 Å². The monoisotopic (exact) mass is 293 g/mol. The Morgan fingerprint density at radius 3 is 2.40 bits per heavy atom. The van der Waals surface area contributed by atoms with Gasteiger partial charge in [0, 0.05) is 30.9 Å². The van der Waals surface area contributed by atoms with Crippen LogP contribution in [0.1, 0.15) is 0 Å². The van der Waals surface area contributed by atoms with Gasteiger partial charge < -0.3 is 21.1 Å². The number of aliphatic carboxylic acids is 1. The van der Waals surface area contributed by atoms with Crippen LogP contribution in [0.3, 0.4) is 0 Å². The van der Waals surface area contributed by atoms with E-state index in [1.54, 1.807) is 0 Å². The average molecular weight is 293 g/mol. The van der Waals surface area contributed by atoms with Crippen molar-refractivity contribution < 1.29 is 14.7 Å². The molecule has 6 nitrogen and oxygen atoms in total. The van der Waals surface area contributed by atoms with Gasteiger partial charge >= 0.3 is 5.97 Å². The van der Waals surface area contributed by atoms with Crippen LogP contribution >= 0.6 is 12.2 Å². The molecule has 0 saturated carbocycles. The number of anilines is 1. The van der Waals surface area contributed by atoms with Crippen molar-refractivity contribution in [3.63, 3.8) is 0 Å². The number of carboxylic acid groups (broad SMARTS) is 1. The van der Waals surface area contributed by atoms with Crippen molar-refractivity contribution in [1.29, 1.82) is 0 Å². The fourth-order valence-electron chi connectivity index (χ4n) is 1.26. The second-order valence-electron chi connectivity index (χ2n) is 3.71. The van der Waals surface area contributed by atoms with Crippen LogP contribution in [0.2, 0.25) is 0 Å². The van der Waals surface area contributed by atoms with E-state index >= 15 is 0 Å². The lowest BCUT2D eigenvalue weighted by Crippen LogP contribution is -2.36. The van der Waals surface area contributed by atoms with Gasteiger partial charge in [0.25, 0.3) is 0 Å². The molecule has 0 atom stereocenters. The molecule has 0 saturated heterocycles. The summed E-state index contributed by atoms with van der Waals surface area (Å²) >= 11 is 5.07. The molecule has 1 aromatic carbocycles. The first kappa shape index (κ1) is 15.6. The molecule has 0 spiro atoms. The molecule has 0 aliphatic heterocycles. The molecule has 0 aromatic heterocycles. The first-order chi connectivity index (χ1) is 9.58. The van der Waals surface area contributed by atoms with Gasteiger partial charge in [-0.1, -0.05) is 18.2 Å². The Hall–Kier alpha value is -2.41. The fraction of sp³-hybridized carbons (Fsp3) is 0.154. The highest BCUT2D eigenvalue weighted by atomic mass is 32.1. The maximum absolute atomic E-state index is 11.1. The molecule has 0 radical (unpaired) electrons. The van der Waals surface area contributed by atoms with Crippen LogP contribution in [-0.4, -0.2) is 35.2 Å². The number of thiocarbonyl (C=S) groups is 1. The molecule has 0 unspecified atom stereocenters. The van der Waals surface area contributed by atoms with Gasteiger partial charge in [0.05, 0.1) is 0 Å². The van der Waals surface area contributed by atoms with Crippen molar-refractivity contribution >= 4 is 34.9 Å². The van der Waals surface area contributed by atoms with E-state index in [1.165, 1.54) is 0 Å². The number of carbonyl (C=O) groups is 2. The number of benzene rings is 1. The maximum Gasteiger partial charge on any atom is 0.328 e. The van der Waals surface area contributed by atoms with Crippen LogP contribution < -0.4 is 16.0 Å². The molecule has 1 amide bonds. The number of hydrogen-bond donors (Lipinski definition) is 4. The maximum atomic E-state index is 11.1. The van der Waals surface area contributed by atoms with Crippen molar-refractivity contribution in [2.75, 3.05) is 18.4 Å². The third kappa shape index (κ3) is 7.12. The van der Waals surface area contributed by atoms with E-state index in [0.717, 1.165) is 17.8 Å². The molecule has 0 fully saturated rings. The van der Waals surface area contributed by atoms with Gasteiger partial charge in [0.1, 0.15) is 0 Å². The molecule has 106 valence electrons. The number of para-hydroxylation sites is 1. The molecular formula is C13H15N3O3S. The smallest absolute Gasteiger partial charge is 0.328 e. The van der Waals surface area contributed by atoms with Crippen molar-refractivity contribution in [1.82, 2.24) is 10.6 Å². The Bertz CT molecular complexity index is 503. The second kappa shape index (κ2) is 8.65. The lowest BCUT2D eigenvalue weighted by molar-refractivity contribution is -0.131. The molecule has 0 heterocycles. The number of amides is 1. The van der Waals surface area contributed by atoms with Gasteiger partial charge in [0.15, 0.2) is 5.11 Å². The van der Waals surface area contributed by atoms with Crippen LogP contribution in [0.4, 0.5) is 5.69 Å². The van der Waals surface area contributed by atoms with Gasteiger partial charge in [-0.05, 0) is 24.4 Å². The Morgan fingerprint density at radius 1 is 1.10 bits per heavy atom. The summed E-state index contributed by atoms with van der Waals surface area (Å²) in [5, 5.41) is 17.2. The average Bonchev–Trinajstić information content (AvgIpc) is 2.42. The minimum Gasteiger partial charge on any atom is -0.478 e. The SMILES string of the molecule is O=C(O)/C=C/C(=O)NCCNC(=S)Nc1ccccc1. The molecule has 1 rings (SSSR count). The number of rotatable bonds is 6. The van der Waals surface area contributed by atoms with Crippen LogP contribution in [0, 0.1) is 0 Å². The summed E-state index contributed by atoms with van der Waals surface area (Å²) in [5.74, 6) is -1.62. The van der Waals surface area contributed by atoms with Crippen molar-refractivity contribution in [2.45, 2.75) is 0 Å². The number of nitrogens with one attached hydrogen (secondary N) is 3. The summed E-state index contributed by atoms with van der Waals surface area (Å²) in [6.45, 7) is 0.769. The standard InChI is InChI=1S/C13H15N3O3S/c17-11(6-7-12(18)19)14-8-9-15-13(20)16-10-4-2-1-3-5-10/h1-7H,8-9H2,(H,14,17)(H,18,19)(H2,15,16,20)/b7-6+. The Morgan fingerprint density at radius 2 is 1.75 bits per heavy atom. The van der Waals surface area contributed by atoms with E-state index in [2.05, 4.69) is 16.0 Å². The summed E-state index contributed by atoms with van der Waals surface area (Å²) in [6.07, 6.45) is 1.74. The van der Waals surface area contributed by atoms with Crippen molar-refractivity contribution in [3.05, 3.63) is 42.5 Å². The Kier molecular flexibility index (Phi) is 6.77. The Balaban J connectivity index is 2.16. The van der Waals surface area contributed by atoms with Gasteiger partial charge in [-0.3, -0.25) is 4.79 Å². The summed E-state index contributed by atoms with van der Waals surface area (Å²) in [5.41, 5.74) is 0.874. The summed E-state index contributed by atoms with van der Waals surface area (Å²) < 4.78 is 0. The van der Waals surface area contributed by atoms with Gasteiger partial charge in [-0.15, -0.1) is 0 Å². The lowest BCUT2D eigenvalue weighted by Gasteiger charge is -2.10. The fourth-order valence-corrected chi connectivity index (χ4v) is 1.48. The van der Waals surface area contributed by atoms with E-state index in [4.69, 9.17) is 17.3 Å². The van der Waals surface area contributed by atoms with Gasteiger partial charge in [-0.2, -0.15) is 0 Å². The molecule has 4 N–H and O–H groups in total. The zero-order valence-electron chi connectivity index (χ0n) is 10.6. The minimum absolute atomic E-state index is 0.333. The number of hydrogen-bond acceptors (Lipinski definition) is 3. The molecule has 0 bridgehead atoms. The van der Waals surface area contributed by atoms with E-state index in [9.17, 15) is 9.59 Å². The quantitative estimate of drug-likeness (QED) is 0.351. The highest BCUT2D eigenvalue weighted by Gasteiger charge is 1.98. The molecular weight excluding hydrogens is 278 g/mol. The zero-order valence-corrected chi connectivity index (χ0v) is 11.4. The van der Waals surface area contributed by atoms with Crippen LogP contribution in [0.15, 0.2) is 42.5 Å². The van der Waals surface area contributed by atoms with Crippen LogP contribution in [0.25, 0.3) is 0 Å². The highest BCUT2D eigenvalue weighted by Crippen LogP contribution is 2.03. The Labute approximate surface area is 121 Å². The zero-order chi connectivity index (χ0) is 14.8. The molecule has 7 heteroatoms. The summed E-state index contributed by atoms with van der Waals surface area (Å²) in [4.78, 5) is 21.3. The van der Waals surface area contributed by atoms with E-state index in [-0.39, 0.29) is 0 Å². The topological polar surface area (TPSA) is 90.5 Å². The normalized spacial score (nSPS) is 10.0. The predicted molar refractivity (Wildman–Crippen MR) is 80.5 cm³/mol. The second-order valence-corrected chi connectivity index (χ2v) is 4.12. The number of carboxylic acids is 1. The van der Waals surface area contributed by atoms with E-state index < -0.39 is 11.9 Å².